The summed E-state index contributed by atoms with van der Waals surface area (Å²) in [4.78, 5) is 26.8. The molecule has 1 aromatic heterocycles. The number of hydrogen-bond donors (Lipinski definition) is 0. The summed E-state index contributed by atoms with van der Waals surface area (Å²) in [5.74, 6) is 0.435. The normalized spacial score (nSPS) is 18.7. The van der Waals surface area contributed by atoms with Crippen molar-refractivity contribution in [3.63, 3.8) is 0 Å². The maximum Gasteiger partial charge on any atom is 0.254 e. The van der Waals surface area contributed by atoms with E-state index in [1.54, 1.807) is 24.5 Å². The van der Waals surface area contributed by atoms with Gasteiger partial charge in [-0.1, -0.05) is 24.3 Å². The number of piperidine rings is 1. The second kappa shape index (κ2) is 10.3. The number of benzene rings is 2. The number of carbonyl (C=O) groups excluding carboxylic acids is 1. The Kier molecular flexibility index (Phi) is 6.81. The molecule has 0 radical (unpaired) electrons. The van der Waals surface area contributed by atoms with E-state index >= 15 is 0 Å². The van der Waals surface area contributed by atoms with Crippen LogP contribution in [0.5, 0.6) is 11.6 Å². The van der Waals surface area contributed by atoms with Crippen molar-refractivity contribution in [2.75, 3.05) is 26.2 Å². The van der Waals surface area contributed by atoms with E-state index in [1.807, 2.05) is 23.1 Å². The second-order valence-corrected chi connectivity index (χ2v) is 9.04. The monoisotopic (exact) mass is 460 g/mol. The maximum atomic E-state index is 13.6. The molecule has 0 aliphatic carbocycles. The molecular formula is C27H29FN4O2. The van der Waals surface area contributed by atoms with Crippen molar-refractivity contribution in [2.24, 2.45) is 0 Å². The lowest BCUT2D eigenvalue weighted by Gasteiger charge is -2.33. The molecule has 7 heteroatoms. The van der Waals surface area contributed by atoms with Gasteiger partial charge in [0.2, 0.25) is 5.88 Å². The van der Waals surface area contributed by atoms with Crippen molar-refractivity contribution >= 4 is 5.91 Å². The van der Waals surface area contributed by atoms with Gasteiger partial charge < -0.3 is 9.64 Å². The maximum absolute atomic E-state index is 13.6. The molecule has 2 aliphatic heterocycles. The molecule has 5 rings (SSSR count). The van der Waals surface area contributed by atoms with Crippen LogP contribution in [0.1, 0.15) is 53.2 Å². The lowest BCUT2D eigenvalue weighted by Crippen LogP contribution is -2.40. The van der Waals surface area contributed by atoms with Gasteiger partial charge in [-0.15, -0.1) is 0 Å². The molecule has 2 aromatic carbocycles. The largest absolute Gasteiger partial charge is 0.437 e. The van der Waals surface area contributed by atoms with Crippen LogP contribution < -0.4 is 4.74 Å². The SMILES string of the molecule is O=C(c1ccccc1CN1CCCC1)N1CCCC(c2nccnc2Oc2cccc(F)c2)C1. The fraction of sp³-hybridized carbons (Fsp3) is 0.370. The zero-order valence-electron chi connectivity index (χ0n) is 19.2. The molecule has 2 fully saturated rings. The standard InChI is InChI=1S/C27H29FN4O2/c28-22-9-5-10-23(17-22)34-26-25(29-12-13-30-26)21-8-6-16-32(19-21)27(33)24-11-2-1-7-20(24)18-31-14-3-4-15-31/h1-2,5,7,9-13,17,21H,3-4,6,8,14-16,18-19H2. The van der Waals surface area contributed by atoms with Crippen LogP contribution in [0, 0.1) is 5.82 Å². The Morgan fingerprint density at radius 2 is 1.82 bits per heavy atom. The summed E-state index contributed by atoms with van der Waals surface area (Å²) in [6.45, 7) is 4.27. The fourth-order valence-corrected chi connectivity index (χ4v) is 4.94. The number of halogens is 1. The topological polar surface area (TPSA) is 58.6 Å². The van der Waals surface area contributed by atoms with Gasteiger partial charge in [-0.2, -0.15) is 0 Å². The molecule has 1 atom stereocenters. The van der Waals surface area contributed by atoms with Gasteiger partial charge in [0, 0.05) is 49.6 Å². The van der Waals surface area contributed by atoms with E-state index in [0.717, 1.165) is 43.6 Å². The van der Waals surface area contributed by atoms with Gasteiger partial charge in [0.15, 0.2) is 0 Å². The van der Waals surface area contributed by atoms with E-state index in [4.69, 9.17) is 4.74 Å². The van der Waals surface area contributed by atoms with Crippen molar-refractivity contribution in [3.8, 4) is 11.6 Å². The van der Waals surface area contributed by atoms with Gasteiger partial charge in [0.25, 0.3) is 5.91 Å². The van der Waals surface area contributed by atoms with Crippen LogP contribution in [0.25, 0.3) is 0 Å². The highest BCUT2D eigenvalue weighted by Gasteiger charge is 2.30. The number of rotatable bonds is 6. The van der Waals surface area contributed by atoms with Crippen LogP contribution in [0.4, 0.5) is 4.39 Å². The summed E-state index contributed by atoms with van der Waals surface area (Å²) >= 11 is 0. The highest BCUT2D eigenvalue weighted by Crippen LogP contribution is 2.33. The number of aromatic nitrogens is 2. The average Bonchev–Trinajstić information content (AvgIpc) is 3.38. The lowest BCUT2D eigenvalue weighted by atomic mass is 9.93. The third kappa shape index (κ3) is 5.09. The molecule has 2 saturated heterocycles. The molecule has 0 bridgehead atoms. The van der Waals surface area contributed by atoms with Crippen molar-refractivity contribution in [2.45, 2.75) is 38.1 Å². The predicted molar refractivity (Wildman–Crippen MR) is 127 cm³/mol. The third-order valence-electron chi connectivity index (χ3n) is 6.64. The first-order valence-corrected chi connectivity index (χ1v) is 12.0. The first-order chi connectivity index (χ1) is 16.7. The summed E-state index contributed by atoms with van der Waals surface area (Å²) in [6.07, 6.45) is 7.42. The van der Waals surface area contributed by atoms with E-state index in [-0.39, 0.29) is 17.6 Å². The van der Waals surface area contributed by atoms with Crippen molar-refractivity contribution in [3.05, 3.63) is 83.6 Å². The summed E-state index contributed by atoms with van der Waals surface area (Å²) < 4.78 is 19.5. The highest BCUT2D eigenvalue weighted by molar-refractivity contribution is 5.95. The molecule has 3 heterocycles. The Morgan fingerprint density at radius 1 is 1.00 bits per heavy atom. The molecule has 0 saturated carbocycles. The van der Waals surface area contributed by atoms with E-state index < -0.39 is 0 Å². The van der Waals surface area contributed by atoms with E-state index in [0.29, 0.717) is 30.4 Å². The third-order valence-corrected chi connectivity index (χ3v) is 6.64. The summed E-state index contributed by atoms with van der Waals surface area (Å²) in [7, 11) is 0. The van der Waals surface area contributed by atoms with E-state index in [1.165, 1.54) is 25.0 Å². The Morgan fingerprint density at radius 3 is 2.68 bits per heavy atom. The van der Waals surface area contributed by atoms with Crippen LogP contribution >= 0.6 is 0 Å². The smallest absolute Gasteiger partial charge is 0.254 e. The van der Waals surface area contributed by atoms with Gasteiger partial charge in [-0.05, 0) is 62.5 Å². The van der Waals surface area contributed by atoms with Gasteiger partial charge in [-0.3, -0.25) is 14.7 Å². The van der Waals surface area contributed by atoms with Crippen LogP contribution in [-0.2, 0) is 6.54 Å². The lowest BCUT2D eigenvalue weighted by molar-refractivity contribution is 0.0702. The van der Waals surface area contributed by atoms with Gasteiger partial charge in [0.1, 0.15) is 17.3 Å². The molecule has 1 amide bonds. The van der Waals surface area contributed by atoms with Crippen molar-refractivity contribution < 1.29 is 13.9 Å². The van der Waals surface area contributed by atoms with Crippen LogP contribution in [0.15, 0.2) is 60.9 Å². The first kappa shape index (κ1) is 22.5. The minimum absolute atomic E-state index is 0.000651. The molecule has 0 spiro atoms. The van der Waals surface area contributed by atoms with Crippen LogP contribution in [0.2, 0.25) is 0 Å². The van der Waals surface area contributed by atoms with Gasteiger partial charge in [0.05, 0.1) is 0 Å². The van der Waals surface area contributed by atoms with E-state index in [9.17, 15) is 9.18 Å². The summed E-state index contributed by atoms with van der Waals surface area (Å²) in [5.41, 5.74) is 2.58. The molecule has 1 unspecified atom stereocenters. The Bertz CT molecular complexity index is 1150. The number of ether oxygens (including phenoxy) is 1. The molecule has 2 aliphatic rings. The molecule has 34 heavy (non-hydrogen) atoms. The molecule has 3 aromatic rings. The number of likely N-dealkylation sites (tertiary alicyclic amines) is 2. The summed E-state index contributed by atoms with van der Waals surface area (Å²) in [6, 6.07) is 13.9. The average molecular weight is 461 g/mol. The quantitative estimate of drug-likeness (QED) is 0.517. The molecular weight excluding hydrogens is 431 g/mol. The second-order valence-electron chi connectivity index (χ2n) is 9.04. The predicted octanol–water partition coefficient (Wildman–Crippen LogP) is 5.02. The fourth-order valence-electron chi connectivity index (χ4n) is 4.94. The zero-order valence-corrected chi connectivity index (χ0v) is 19.2. The van der Waals surface area contributed by atoms with E-state index in [2.05, 4.69) is 20.9 Å². The number of carbonyl (C=O) groups is 1. The first-order valence-electron chi connectivity index (χ1n) is 12.0. The van der Waals surface area contributed by atoms with Gasteiger partial charge in [-0.25, -0.2) is 9.37 Å². The Labute approximate surface area is 199 Å². The van der Waals surface area contributed by atoms with Crippen molar-refractivity contribution in [1.29, 1.82) is 0 Å². The number of amides is 1. The number of hydrogen-bond acceptors (Lipinski definition) is 5. The number of nitrogens with zero attached hydrogens (tertiary/aromatic N) is 4. The highest BCUT2D eigenvalue weighted by atomic mass is 19.1. The zero-order chi connectivity index (χ0) is 23.3. The Hall–Kier alpha value is -3.32. The summed E-state index contributed by atoms with van der Waals surface area (Å²) in [5, 5.41) is 0. The Balaban J connectivity index is 1.34. The molecule has 6 nitrogen and oxygen atoms in total. The van der Waals surface area contributed by atoms with Crippen molar-refractivity contribution in [1.82, 2.24) is 19.8 Å². The molecule has 0 N–H and O–H groups in total. The van der Waals surface area contributed by atoms with Gasteiger partial charge >= 0.3 is 0 Å². The molecule has 176 valence electrons. The van der Waals surface area contributed by atoms with Crippen LogP contribution in [-0.4, -0.2) is 51.9 Å². The van der Waals surface area contributed by atoms with Crippen LogP contribution in [0.3, 0.4) is 0 Å². The minimum atomic E-state index is -0.370. The minimum Gasteiger partial charge on any atom is -0.437 e.